The van der Waals surface area contributed by atoms with Gasteiger partial charge in [-0.2, -0.15) is 10.1 Å². The second-order valence-electron chi connectivity index (χ2n) is 5.29. The number of hydrogen-bond donors (Lipinski definition) is 0. The Morgan fingerprint density at radius 2 is 1.96 bits per heavy atom. The van der Waals surface area contributed by atoms with Crippen LogP contribution in [0.15, 0.2) is 51.8 Å². The molecule has 0 spiro atoms. The molecule has 1 aromatic carbocycles. The SMILES string of the molecule is CCCCc1noc(Cn2nc(-c3ccccc3)ccc2=O)n1. The lowest BCUT2D eigenvalue weighted by Gasteiger charge is -2.04. The van der Waals surface area contributed by atoms with Gasteiger partial charge in [0.15, 0.2) is 5.82 Å². The summed E-state index contributed by atoms with van der Waals surface area (Å²) in [6, 6.07) is 12.9. The molecule has 6 heteroatoms. The van der Waals surface area contributed by atoms with Crippen LogP contribution in [-0.4, -0.2) is 19.9 Å². The Morgan fingerprint density at radius 3 is 2.74 bits per heavy atom. The van der Waals surface area contributed by atoms with Crippen molar-refractivity contribution in [2.75, 3.05) is 0 Å². The van der Waals surface area contributed by atoms with Gasteiger partial charge in [0.05, 0.1) is 5.69 Å². The standard InChI is InChI=1S/C17H18N4O2/c1-2-3-9-15-18-16(23-20-15)12-21-17(22)11-10-14(19-21)13-7-5-4-6-8-13/h4-8,10-11H,2-3,9,12H2,1H3. The fourth-order valence-electron chi connectivity index (χ4n) is 2.24. The van der Waals surface area contributed by atoms with Crippen LogP contribution in [0, 0.1) is 0 Å². The van der Waals surface area contributed by atoms with Crippen molar-refractivity contribution in [1.29, 1.82) is 0 Å². The second kappa shape index (κ2) is 7.00. The molecule has 0 aliphatic carbocycles. The first kappa shape index (κ1) is 15.1. The van der Waals surface area contributed by atoms with Crippen molar-refractivity contribution < 1.29 is 4.52 Å². The first-order valence-corrected chi connectivity index (χ1v) is 7.71. The van der Waals surface area contributed by atoms with Crippen LogP contribution in [0.4, 0.5) is 0 Å². The molecule has 23 heavy (non-hydrogen) atoms. The summed E-state index contributed by atoms with van der Waals surface area (Å²) in [6.45, 7) is 2.29. The molecule has 0 fully saturated rings. The van der Waals surface area contributed by atoms with Crippen LogP contribution >= 0.6 is 0 Å². The van der Waals surface area contributed by atoms with Gasteiger partial charge >= 0.3 is 0 Å². The molecule has 0 unspecified atom stereocenters. The molecule has 118 valence electrons. The van der Waals surface area contributed by atoms with Gasteiger partial charge in [0.25, 0.3) is 5.56 Å². The normalized spacial score (nSPS) is 10.8. The van der Waals surface area contributed by atoms with Gasteiger partial charge < -0.3 is 4.52 Å². The van der Waals surface area contributed by atoms with E-state index < -0.39 is 0 Å². The Kier molecular flexibility index (Phi) is 4.61. The van der Waals surface area contributed by atoms with Crippen molar-refractivity contribution in [3.8, 4) is 11.3 Å². The number of rotatable bonds is 6. The Morgan fingerprint density at radius 1 is 1.13 bits per heavy atom. The first-order chi connectivity index (χ1) is 11.3. The highest BCUT2D eigenvalue weighted by Gasteiger charge is 2.09. The molecule has 3 aromatic rings. The van der Waals surface area contributed by atoms with Crippen LogP contribution in [0.3, 0.4) is 0 Å². The molecule has 0 saturated heterocycles. The van der Waals surface area contributed by atoms with E-state index in [4.69, 9.17) is 4.52 Å². The predicted molar refractivity (Wildman–Crippen MR) is 85.9 cm³/mol. The average Bonchev–Trinajstić information content (AvgIpc) is 3.03. The van der Waals surface area contributed by atoms with E-state index in [9.17, 15) is 4.79 Å². The van der Waals surface area contributed by atoms with Gasteiger partial charge in [0.2, 0.25) is 5.89 Å². The summed E-state index contributed by atoms with van der Waals surface area (Å²) in [7, 11) is 0. The van der Waals surface area contributed by atoms with Gasteiger partial charge in [0, 0.05) is 18.1 Å². The van der Waals surface area contributed by atoms with Crippen molar-refractivity contribution in [3.63, 3.8) is 0 Å². The van der Waals surface area contributed by atoms with Gasteiger partial charge in [-0.25, -0.2) is 4.68 Å². The van der Waals surface area contributed by atoms with Crippen molar-refractivity contribution in [3.05, 3.63) is 64.5 Å². The van der Waals surface area contributed by atoms with Gasteiger partial charge in [-0.15, -0.1) is 0 Å². The van der Waals surface area contributed by atoms with E-state index in [1.807, 2.05) is 30.3 Å². The maximum absolute atomic E-state index is 12.0. The Labute approximate surface area is 133 Å². The van der Waals surface area contributed by atoms with Gasteiger partial charge in [0.1, 0.15) is 6.54 Å². The largest absolute Gasteiger partial charge is 0.337 e. The zero-order valence-electron chi connectivity index (χ0n) is 13.0. The van der Waals surface area contributed by atoms with Crippen molar-refractivity contribution in [2.45, 2.75) is 32.7 Å². The number of unbranched alkanes of at least 4 members (excludes halogenated alkanes) is 1. The lowest BCUT2D eigenvalue weighted by Crippen LogP contribution is -2.23. The molecular formula is C17H18N4O2. The highest BCUT2D eigenvalue weighted by Crippen LogP contribution is 2.14. The van der Waals surface area contributed by atoms with E-state index in [-0.39, 0.29) is 12.1 Å². The summed E-state index contributed by atoms with van der Waals surface area (Å²) >= 11 is 0. The molecular weight excluding hydrogens is 292 g/mol. The number of benzene rings is 1. The summed E-state index contributed by atoms with van der Waals surface area (Å²) in [5, 5.41) is 8.32. The number of aryl methyl sites for hydroxylation is 1. The maximum Gasteiger partial charge on any atom is 0.267 e. The van der Waals surface area contributed by atoms with E-state index >= 15 is 0 Å². The van der Waals surface area contributed by atoms with Crippen LogP contribution in [0.1, 0.15) is 31.5 Å². The third kappa shape index (κ3) is 3.71. The summed E-state index contributed by atoms with van der Waals surface area (Å²) in [5.41, 5.74) is 1.49. The van der Waals surface area contributed by atoms with Crippen molar-refractivity contribution >= 4 is 0 Å². The number of hydrogen-bond acceptors (Lipinski definition) is 5. The van der Waals surface area contributed by atoms with E-state index in [0.29, 0.717) is 11.7 Å². The highest BCUT2D eigenvalue weighted by atomic mass is 16.5. The van der Waals surface area contributed by atoms with Crippen molar-refractivity contribution in [2.24, 2.45) is 0 Å². The molecule has 6 nitrogen and oxygen atoms in total. The fraction of sp³-hybridized carbons (Fsp3) is 0.294. The molecule has 0 atom stereocenters. The first-order valence-electron chi connectivity index (χ1n) is 7.71. The van der Waals surface area contributed by atoms with Crippen LogP contribution in [0.25, 0.3) is 11.3 Å². The Hall–Kier alpha value is -2.76. The van der Waals surface area contributed by atoms with Crippen LogP contribution in [0.5, 0.6) is 0 Å². The fourth-order valence-corrected chi connectivity index (χ4v) is 2.24. The zero-order chi connectivity index (χ0) is 16.1. The molecule has 0 bridgehead atoms. The minimum atomic E-state index is -0.196. The molecule has 0 aliphatic rings. The molecule has 3 rings (SSSR count). The number of nitrogens with zero attached hydrogens (tertiary/aromatic N) is 4. The van der Waals surface area contributed by atoms with Crippen LogP contribution in [-0.2, 0) is 13.0 Å². The van der Waals surface area contributed by atoms with E-state index in [1.54, 1.807) is 6.07 Å². The highest BCUT2D eigenvalue weighted by molar-refractivity contribution is 5.57. The lowest BCUT2D eigenvalue weighted by molar-refractivity contribution is 0.358. The predicted octanol–water partition coefficient (Wildman–Crippen LogP) is 2.68. The van der Waals surface area contributed by atoms with Crippen molar-refractivity contribution in [1.82, 2.24) is 19.9 Å². The minimum Gasteiger partial charge on any atom is -0.337 e. The summed E-state index contributed by atoms with van der Waals surface area (Å²) < 4.78 is 6.55. The minimum absolute atomic E-state index is 0.179. The zero-order valence-corrected chi connectivity index (χ0v) is 13.0. The van der Waals surface area contributed by atoms with Gasteiger partial charge in [-0.3, -0.25) is 4.79 Å². The third-order valence-corrected chi connectivity index (χ3v) is 3.49. The molecule has 0 aliphatic heterocycles. The lowest BCUT2D eigenvalue weighted by atomic mass is 10.1. The van der Waals surface area contributed by atoms with Crippen LogP contribution in [0.2, 0.25) is 0 Å². The second-order valence-corrected chi connectivity index (χ2v) is 5.29. The van der Waals surface area contributed by atoms with Gasteiger partial charge in [-0.1, -0.05) is 48.8 Å². The maximum atomic E-state index is 12.0. The van der Waals surface area contributed by atoms with Crippen LogP contribution < -0.4 is 5.56 Å². The molecule has 2 heterocycles. The van der Waals surface area contributed by atoms with E-state index in [0.717, 1.165) is 30.5 Å². The quantitative estimate of drug-likeness (QED) is 0.700. The smallest absolute Gasteiger partial charge is 0.267 e. The Balaban J connectivity index is 1.82. The monoisotopic (exact) mass is 310 g/mol. The van der Waals surface area contributed by atoms with E-state index in [2.05, 4.69) is 22.2 Å². The number of aromatic nitrogens is 4. The molecule has 0 N–H and O–H groups in total. The summed E-state index contributed by atoms with van der Waals surface area (Å²) in [6.07, 6.45) is 2.87. The molecule has 2 aromatic heterocycles. The van der Waals surface area contributed by atoms with Gasteiger partial charge in [-0.05, 0) is 12.5 Å². The summed E-state index contributed by atoms with van der Waals surface area (Å²) in [4.78, 5) is 16.3. The Bertz CT molecular complexity index is 824. The summed E-state index contributed by atoms with van der Waals surface area (Å²) in [5.74, 6) is 1.07. The topological polar surface area (TPSA) is 73.8 Å². The van der Waals surface area contributed by atoms with E-state index in [1.165, 1.54) is 10.7 Å². The molecule has 0 amide bonds. The molecule has 0 saturated carbocycles. The average molecular weight is 310 g/mol. The molecule has 0 radical (unpaired) electrons. The third-order valence-electron chi connectivity index (χ3n) is 3.49.